The van der Waals surface area contributed by atoms with E-state index in [-0.39, 0.29) is 17.9 Å². The van der Waals surface area contributed by atoms with Crippen molar-refractivity contribution in [3.63, 3.8) is 0 Å². The normalized spacial score (nSPS) is 32.6. The van der Waals surface area contributed by atoms with E-state index in [1.807, 2.05) is 23.1 Å². The molecule has 0 unspecified atom stereocenters. The average molecular weight is 231 g/mol. The van der Waals surface area contributed by atoms with Crippen LogP contribution in [0.4, 0.5) is 0 Å². The van der Waals surface area contributed by atoms with Crippen LogP contribution in [0.15, 0.2) is 30.3 Å². The SMILES string of the molecule is O=C1CC[C@H]2[C@@H](O)[C@@H](c3ccccc3)CCN12. The summed E-state index contributed by atoms with van der Waals surface area (Å²) >= 11 is 0. The van der Waals surface area contributed by atoms with E-state index in [0.717, 1.165) is 19.4 Å². The van der Waals surface area contributed by atoms with Crippen LogP contribution < -0.4 is 0 Å². The van der Waals surface area contributed by atoms with E-state index in [1.165, 1.54) is 5.56 Å². The molecule has 0 spiro atoms. The molecule has 0 aromatic heterocycles. The molecule has 1 aromatic carbocycles. The van der Waals surface area contributed by atoms with Crippen LogP contribution in [-0.4, -0.2) is 34.6 Å². The van der Waals surface area contributed by atoms with E-state index in [1.54, 1.807) is 0 Å². The number of rotatable bonds is 1. The minimum atomic E-state index is -0.405. The Labute approximate surface area is 101 Å². The summed E-state index contributed by atoms with van der Waals surface area (Å²) in [5.41, 5.74) is 1.19. The van der Waals surface area contributed by atoms with Gasteiger partial charge in [0.05, 0.1) is 12.1 Å². The van der Waals surface area contributed by atoms with Crippen LogP contribution in [0.25, 0.3) is 0 Å². The summed E-state index contributed by atoms with van der Waals surface area (Å²) < 4.78 is 0. The minimum absolute atomic E-state index is 0.0430. The minimum Gasteiger partial charge on any atom is -0.390 e. The largest absolute Gasteiger partial charge is 0.390 e. The first-order valence-electron chi connectivity index (χ1n) is 6.30. The Bertz CT molecular complexity index is 417. The third kappa shape index (κ3) is 1.75. The van der Waals surface area contributed by atoms with Gasteiger partial charge in [-0.2, -0.15) is 0 Å². The molecular formula is C14H17NO2. The molecule has 1 aromatic rings. The third-order valence-electron chi connectivity index (χ3n) is 4.09. The quantitative estimate of drug-likeness (QED) is 0.796. The number of piperidine rings is 1. The maximum absolute atomic E-state index is 11.6. The monoisotopic (exact) mass is 231 g/mol. The van der Waals surface area contributed by atoms with Crippen molar-refractivity contribution in [1.29, 1.82) is 0 Å². The second kappa shape index (κ2) is 4.15. The van der Waals surface area contributed by atoms with E-state index in [2.05, 4.69) is 12.1 Å². The number of fused-ring (bicyclic) bond motifs is 1. The Morgan fingerprint density at radius 2 is 1.94 bits per heavy atom. The highest BCUT2D eigenvalue weighted by molar-refractivity contribution is 5.79. The van der Waals surface area contributed by atoms with Crippen LogP contribution in [0.1, 0.15) is 30.7 Å². The van der Waals surface area contributed by atoms with Gasteiger partial charge in [0, 0.05) is 18.9 Å². The van der Waals surface area contributed by atoms with E-state index in [9.17, 15) is 9.90 Å². The Morgan fingerprint density at radius 3 is 2.71 bits per heavy atom. The lowest BCUT2D eigenvalue weighted by Gasteiger charge is -2.39. The number of nitrogens with zero attached hydrogens (tertiary/aromatic N) is 1. The number of carbonyl (C=O) groups excluding carboxylic acids is 1. The smallest absolute Gasteiger partial charge is 0.222 e. The summed E-state index contributed by atoms with van der Waals surface area (Å²) in [6.07, 6.45) is 1.87. The molecule has 2 aliphatic heterocycles. The lowest BCUT2D eigenvalue weighted by atomic mass is 9.83. The third-order valence-corrected chi connectivity index (χ3v) is 4.09. The van der Waals surface area contributed by atoms with Crippen LogP contribution in [0.5, 0.6) is 0 Å². The van der Waals surface area contributed by atoms with E-state index in [0.29, 0.717) is 6.42 Å². The van der Waals surface area contributed by atoms with Crippen LogP contribution in [0.3, 0.4) is 0 Å². The molecule has 1 N–H and O–H groups in total. The molecule has 0 aliphatic carbocycles. The first-order valence-corrected chi connectivity index (χ1v) is 6.30. The molecule has 0 radical (unpaired) electrons. The Kier molecular flexibility index (Phi) is 2.63. The molecular weight excluding hydrogens is 214 g/mol. The number of carbonyl (C=O) groups is 1. The molecule has 2 aliphatic rings. The van der Waals surface area contributed by atoms with Crippen molar-refractivity contribution in [1.82, 2.24) is 4.90 Å². The molecule has 2 heterocycles. The molecule has 2 fully saturated rings. The van der Waals surface area contributed by atoms with Crippen LogP contribution in [0.2, 0.25) is 0 Å². The number of benzene rings is 1. The predicted molar refractivity (Wildman–Crippen MR) is 64.5 cm³/mol. The number of hydrogen-bond acceptors (Lipinski definition) is 2. The lowest BCUT2D eigenvalue weighted by molar-refractivity contribution is -0.132. The Morgan fingerprint density at radius 1 is 1.18 bits per heavy atom. The van der Waals surface area contributed by atoms with Gasteiger partial charge in [0.15, 0.2) is 0 Å². The van der Waals surface area contributed by atoms with Crippen LogP contribution in [0, 0.1) is 0 Å². The molecule has 3 rings (SSSR count). The van der Waals surface area contributed by atoms with Gasteiger partial charge >= 0.3 is 0 Å². The van der Waals surface area contributed by atoms with Gasteiger partial charge in [0.2, 0.25) is 5.91 Å². The van der Waals surface area contributed by atoms with Crippen molar-refractivity contribution in [2.45, 2.75) is 37.3 Å². The van der Waals surface area contributed by atoms with Gasteiger partial charge in [0.25, 0.3) is 0 Å². The maximum atomic E-state index is 11.6. The lowest BCUT2D eigenvalue weighted by Crippen LogP contribution is -2.49. The molecule has 1 amide bonds. The molecule has 90 valence electrons. The van der Waals surface area contributed by atoms with E-state index < -0.39 is 6.10 Å². The van der Waals surface area contributed by atoms with Crippen molar-refractivity contribution in [2.75, 3.05) is 6.54 Å². The topological polar surface area (TPSA) is 40.5 Å². The van der Waals surface area contributed by atoms with Gasteiger partial charge in [-0.15, -0.1) is 0 Å². The van der Waals surface area contributed by atoms with Gasteiger partial charge in [-0.3, -0.25) is 4.79 Å². The van der Waals surface area contributed by atoms with Crippen molar-refractivity contribution >= 4 is 5.91 Å². The number of amides is 1. The van der Waals surface area contributed by atoms with Crippen molar-refractivity contribution < 1.29 is 9.90 Å². The second-order valence-corrected chi connectivity index (χ2v) is 4.99. The zero-order valence-corrected chi connectivity index (χ0v) is 9.75. The molecule has 17 heavy (non-hydrogen) atoms. The zero-order valence-electron chi connectivity index (χ0n) is 9.75. The molecule has 3 heteroatoms. The van der Waals surface area contributed by atoms with Gasteiger partial charge in [-0.25, -0.2) is 0 Å². The highest BCUT2D eigenvalue weighted by Crippen LogP contribution is 2.36. The fraction of sp³-hybridized carbons (Fsp3) is 0.500. The number of hydrogen-bond donors (Lipinski definition) is 1. The maximum Gasteiger partial charge on any atom is 0.222 e. The van der Waals surface area contributed by atoms with E-state index >= 15 is 0 Å². The van der Waals surface area contributed by atoms with Crippen molar-refractivity contribution in [2.24, 2.45) is 0 Å². The first-order chi connectivity index (χ1) is 8.27. The van der Waals surface area contributed by atoms with Crippen molar-refractivity contribution in [3.8, 4) is 0 Å². The van der Waals surface area contributed by atoms with Gasteiger partial charge in [0.1, 0.15) is 0 Å². The molecule has 3 nitrogen and oxygen atoms in total. The summed E-state index contributed by atoms with van der Waals surface area (Å²) in [5.74, 6) is 0.393. The molecule has 3 atom stereocenters. The Hall–Kier alpha value is -1.35. The second-order valence-electron chi connectivity index (χ2n) is 4.99. The summed E-state index contributed by atoms with van der Waals surface area (Å²) in [7, 11) is 0. The summed E-state index contributed by atoms with van der Waals surface area (Å²) in [6, 6.07) is 10.2. The standard InChI is InChI=1S/C14H17NO2/c16-13-7-6-12-14(17)11(8-9-15(12)13)10-4-2-1-3-5-10/h1-5,11-12,14,17H,6-9H2/t11-,12+,14+/m1/s1. The summed E-state index contributed by atoms with van der Waals surface area (Å²) in [4.78, 5) is 13.5. The number of aliphatic hydroxyl groups excluding tert-OH is 1. The molecule has 0 bridgehead atoms. The zero-order chi connectivity index (χ0) is 11.8. The van der Waals surface area contributed by atoms with E-state index in [4.69, 9.17) is 0 Å². The molecule has 0 saturated carbocycles. The van der Waals surface area contributed by atoms with Gasteiger partial charge in [-0.1, -0.05) is 30.3 Å². The first kappa shape index (κ1) is 10.8. The molecule has 2 saturated heterocycles. The van der Waals surface area contributed by atoms with Gasteiger partial charge in [-0.05, 0) is 18.4 Å². The summed E-state index contributed by atoms with van der Waals surface area (Å²) in [6.45, 7) is 0.792. The highest BCUT2D eigenvalue weighted by Gasteiger charge is 2.43. The van der Waals surface area contributed by atoms with Gasteiger partial charge < -0.3 is 10.0 Å². The van der Waals surface area contributed by atoms with Crippen LogP contribution in [-0.2, 0) is 4.79 Å². The summed E-state index contributed by atoms with van der Waals surface area (Å²) in [5, 5.41) is 10.4. The highest BCUT2D eigenvalue weighted by atomic mass is 16.3. The predicted octanol–water partition coefficient (Wildman–Crippen LogP) is 1.53. The Balaban J connectivity index is 1.84. The van der Waals surface area contributed by atoms with Crippen LogP contribution >= 0.6 is 0 Å². The average Bonchev–Trinajstić information content (AvgIpc) is 2.74. The fourth-order valence-corrected chi connectivity index (χ4v) is 3.18. The number of aliphatic hydroxyl groups is 1. The fourth-order valence-electron chi connectivity index (χ4n) is 3.18. The van der Waals surface area contributed by atoms with Crippen molar-refractivity contribution in [3.05, 3.63) is 35.9 Å².